The van der Waals surface area contributed by atoms with E-state index in [1.807, 2.05) is 18.2 Å². The molecule has 0 aliphatic rings. The minimum atomic E-state index is 0.102. The highest BCUT2D eigenvalue weighted by Crippen LogP contribution is 2.27. The first-order valence-electron chi connectivity index (χ1n) is 5.85. The number of rotatable bonds is 4. The van der Waals surface area contributed by atoms with Gasteiger partial charge in [0.2, 0.25) is 0 Å². The Morgan fingerprint density at radius 2 is 1.94 bits per heavy atom. The summed E-state index contributed by atoms with van der Waals surface area (Å²) in [5.41, 5.74) is 1.23. The summed E-state index contributed by atoms with van der Waals surface area (Å²) < 4.78 is 0. The fraction of sp³-hybridized carbons (Fsp3) is 0.188. The van der Waals surface area contributed by atoms with Gasteiger partial charge in [0.25, 0.3) is 0 Å². The van der Waals surface area contributed by atoms with E-state index < -0.39 is 0 Å². The molecule has 1 heteroatoms. The van der Waals surface area contributed by atoms with Gasteiger partial charge in [-0.1, -0.05) is 56.0 Å². The molecule has 2 aromatic carbocycles. The van der Waals surface area contributed by atoms with E-state index in [-0.39, 0.29) is 11.7 Å². The van der Waals surface area contributed by atoms with Crippen LogP contribution in [0.15, 0.2) is 55.1 Å². The van der Waals surface area contributed by atoms with Gasteiger partial charge in [0, 0.05) is 6.42 Å². The Hall–Kier alpha value is -1.89. The van der Waals surface area contributed by atoms with Crippen LogP contribution in [-0.2, 0) is 4.79 Å². The Morgan fingerprint density at radius 3 is 2.71 bits per heavy atom. The van der Waals surface area contributed by atoms with Gasteiger partial charge < -0.3 is 0 Å². The van der Waals surface area contributed by atoms with E-state index in [4.69, 9.17) is 0 Å². The zero-order valence-electron chi connectivity index (χ0n) is 10.0. The molecule has 2 aromatic rings. The molecule has 1 atom stereocenters. The van der Waals surface area contributed by atoms with Crippen molar-refractivity contribution < 1.29 is 4.79 Å². The van der Waals surface area contributed by atoms with Crippen molar-refractivity contribution in [1.82, 2.24) is 0 Å². The van der Waals surface area contributed by atoms with Gasteiger partial charge in [0.1, 0.15) is 0 Å². The maximum absolute atomic E-state index is 11.4. The molecular weight excluding hydrogens is 208 g/mol. The zero-order chi connectivity index (χ0) is 12.3. The van der Waals surface area contributed by atoms with Crippen molar-refractivity contribution >= 4 is 16.6 Å². The lowest BCUT2D eigenvalue weighted by molar-refractivity contribution is -0.114. The Labute approximate surface area is 102 Å². The van der Waals surface area contributed by atoms with Crippen molar-refractivity contribution in [1.29, 1.82) is 0 Å². The van der Waals surface area contributed by atoms with Gasteiger partial charge in [-0.2, -0.15) is 0 Å². The monoisotopic (exact) mass is 224 g/mol. The van der Waals surface area contributed by atoms with Crippen LogP contribution in [0.5, 0.6) is 0 Å². The third-order valence-electron chi connectivity index (χ3n) is 3.09. The van der Waals surface area contributed by atoms with Crippen LogP contribution < -0.4 is 0 Å². The molecule has 0 radical (unpaired) electrons. The number of benzene rings is 2. The molecule has 0 saturated carbocycles. The summed E-state index contributed by atoms with van der Waals surface area (Å²) in [6, 6.07) is 14.5. The average Bonchev–Trinajstić information content (AvgIpc) is 2.37. The summed E-state index contributed by atoms with van der Waals surface area (Å²) in [6.45, 7) is 5.61. The van der Waals surface area contributed by atoms with Crippen LogP contribution in [0.3, 0.4) is 0 Å². The van der Waals surface area contributed by atoms with E-state index in [0.717, 1.165) is 0 Å². The normalized spacial score (nSPS) is 12.3. The van der Waals surface area contributed by atoms with Gasteiger partial charge >= 0.3 is 0 Å². The third kappa shape index (κ3) is 2.44. The molecule has 0 N–H and O–H groups in total. The molecule has 0 amide bonds. The summed E-state index contributed by atoms with van der Waals surface area (Å²) in [4.78, 5) is 11.4. The quantitative estimate of drug-likeness (QED) is 0.715. The first-order chi connectivity index (χ1) is 8.22. The summed E-state index contributed by atoms with van der Waals surface area (Å²) in [6.07, 6.45) is 1.93. The van der Waals surface area contributed by atoms with Crippen LogP contribution in [0.4, 0.5) is 0 Å². The molecule has 0 bridgehead atoms. The smallest absolute Gasteiger partial charge is 0.155 e. The molecule has 0 fully saturated rings. The number of carbonyl (C=O) groups excluding carboxylic acids is 1. The molecule has 86 valence electrons. The molecule has 1 unspecified atom stereocenters. The topological polar surface area (TPSA) is 17.1 Å². The molecule has 0 aliphatic carbocycles. The molecule has 0 spiro atoms. The number of fused-ring (bicyclic) bond motifs is 1. The van der Waals surface area contributed by atoms with E-state index in [1.165, 1.54) is 22.4 Å². The summed E-state index contributed by atoms with van der Waals surface area (Å²) in [5, 5.41) is 2.46. The zero-order valence-corrected chi connectivity index (χ0v) is 10.0. The van der Waals surface area contributed by atoms with Crippen molar-refractivity contribution in [3.8, 4) is 0 Å². The Bertz CT molecular complexity index is 549. The largest absolute Gasteiger partial charge is 0.295 e. The first-order valence-corrected chi connectivity index (χ1v) is 5.85. The lowest BCUT2D eigenvalue weighted by Crippen LogP contribution is -2.01. The summed E-state index contributed by atoms with van der Waals surface area (Å²) >= 11 is 0. The molecule has 0 aromatic heterocycles. The van der Waals surface area contributed by atoms with E-state index in [9.17, 15) is 4.79 Å². The molecule has 0 heterocycles. The highest BCUT2D eigenvalue weighted by atomic mass is 16.1. The maximum atomic E-state index is 11.4. The molecule has 2 rings (SSSR count). The van der Waals surface area contributed by atoms with Crippen LogP contribution in [0.25, 0.3) is 10.8 Å². The van der Waals surface area contributed by atoms with Gasteiger partial charge in [-0.25, -0.2) is 0 Å². The second-order valence-electron chi connectivity index (χ2n) is 4.34. The fourth-order valence-electron chi connectivity index (χ4n) is 2.18. The van der Waals surface area contributed by atoms with Crippen molar-refractivity contribution in [3.63, 3.8) is 0 Å². The van der Waals surface area contributed by atoms with Crippen LogP contribution in [0, 0.1) is 0 Å². The number of allylic oxidation sites excluding steroid dienone is 1. The highest BCUT2D eigenvalue weighted by Gasteiger charge is 2.11. The van der Waals surface area contributed by atoms with Gasteiger partial charge in [0.15, 0.2) is 5.78 Å². The summed E-state index contributed by atoms with van der Waals surface area (Å²) in [7, 11) is 0. The van der Waals surface area contributed by atoms with E-state index in [0.29, 0.717) is 6.42 Å². The minimum Gasteiger partial charge on any atom is -0.295 e. The maximum Gasteiger partial charge on any atom is 0.155 e. The van der Waals surface area contributed by atoms with Crippen molar-refractivity contribution in [3.05, 3.63) is 60.7 Å². The standard InChI is InChI=1S/C16H16O/c1-3-14(17)11-12(2)15-10-6-8-13-7-4-5-9-16(13)15/h3-10,12H,1,11H2,2H3. The molecular formula is C16H16O. The SMILES string of the molecule is C=CC(=O)CC(C)c1cccc2ccccc12. The lowest BCUT2D eigenvalue weighted by Gasteiger charge is -2.13. The second kappa shape index (κ2) is 4.96. The van der Waals surface area contributed by atoms with Gasteiger partial charge in [0.05, 0.1) is 0 Å². The lowest BCUT2D eigenvalue weighted by atomic mass is 9.91. The predicted octanol–water partition coefficient (Wildman–Crippen LogP) is 4.09. The average molecular weight is 224 g/mol. The van der Waals surface area contributed by atoms with Crippen LogP contribution in [0.1, 0.15) is 24.8 Å². The highest BCUT2D eigenvalue weighted by molar-refractivity contribution is 5.91. The second-order valence-corrected chi connectivity index (χ2v) is 4.34. The molecule has 0 saturated heterocycles. The number of hydrogen-bond acceptors (Lipinski definition) is 1. The van der Waals surface area contributed by atoms with E-state index in [1.54, 1.807) is 0 Å². The van der Waals surface area contributed by atoms with Crippen LogP contribution in [-0.4, -0.2) is 5.78 Å². The Balaban J connectivity index is 2.41. The number of hydrogen-bond donors (Lipinski definition) is 0. The van der Waals surface area contributed by atoms with Crippen LogP contribution >= 0.6 is 0 Å². The fourth-order valence-corrected chi connectivity index (χ4v) is 2.18. The van der Waals surface area contributed by atoms with E-state index in [2.05, 4.69) is 37.8 Å². The summed E-state index contributed by atoms with van der Waals surface area (Å²) in [5.74, 6) is 0.331. The van der Waals surface area contributed by atoms with Crippen molar-refractivity contribution in [2.45, 2.75) is 19.3 Å². The Kier molecular flexibility index (Phi) is 3.38. The van der Waals surface area contributed by atoms with Crippen molar-refractivity contribution in [2.24, 2.45) is 0 Å². The first kappa shape index (κ1) is 11.6. The van der Waals surface area contributed by atoms with Crippen LogP contribution in [0.2, 0.25) is 0 Å². The van der Waals surface area contributed by atoms with Crippen molar-refractivity contribution in [2.75, 3.05) is 0 Å². The van der Waals surface area contributed by atoms with Gasteiger partial charge in [-0.05, 0) is 28.3 Å². The molecule has 0 aliphatic heterocycles. The third-order valence-corrected chi connectivity index (χ3v) is 3.09. The van der Waals surface area contributed by atoms with E-state index >= 15 is 0 Å². The van der Waals surface area contributed by atoms with Gasteiger partial charge in [-0.3, -0.25) is 4.79 Å². The molecule has 17 heavy (non-hydrogen) atoms. The molecule has 1 nitrogen and oxygen atoms in total. The minimum absolute atomic E-state index is 0.102. The Morgan fingerprint density at radius 1 is 1.24 bits per heavy atom. The predicted molar refractivity (Wildman–Crippen MR) is 72.2 cm³/mol. The van der Waals surface area contributed by atoms with Gasteiger partial charge in [-0.15, -0.1) is 0 Å². The number of carbonyl (C=O) groups is 1. The number of ketones is 1.